The zero-order valence-corrected chi connectivity index (χ0v) is 16.4. The third kappa shape index (κ3) is 4.53. The lowest BCUT2D eigenvalue weighted by Crippen LogP contribution is -2.30. The van der Waals surface area contributed by atoms with Crippen molar-refractivity contribution >= 4 is 15.8 Å². The molecule has 0 unspecified atom stereocenters. The molecule has 0 saturated carbocycles. The van der Waals surface area contributed by atoms with E-state index in [1.807, 2.05) is 68.1 Å². The Morgan fingerprint density at radius 3 is 2.30 bits per heavy atom. The SMILES string of the molecule is Cc1cc(C)c(S(=O)(=O)NCCNc2cc(-n3cccc3)ncn2)c(C)c1. The predicted molar refractivity (Wildman–Crippen MR) is 106 cm³/mol. The zero-order chi connectivity index (χ0) is 19.4. The number of nitrogens with zero attached hydrogens (tertiary/aromatic N) is 3. The molecule has 2 N–H and O–H groups in total. The van der Waals surface area contributed by atoms with Crippen LogP contribution in [0.4, 0.5) is 5.82 Å². The van der Waals surface area contributed by atoms with Gasteiger partial charge >= 0.3 is 0 Å². The molecule has 2 heterocycles. The fourth-order valence-electron chi connectivity index (χ4n) is 3.11. The van der Waals surface area contributed by atoms with Gasteiger partial charge in [-0.1, -0.05) is 17.7 Å². The van der Waals surface area contributed by atoms with Crippen LogP contribution >= 0.6 is 0 Å². The lowest BCUT2D eigenvalue weighted by atomic mass is 10.1. The lowest BCUT2D eigenvalue weighted by molar-refractivity contribution is 0.581. The highest BCUT2D eigenvalue weighted by Gasteiger charge is 2.19. The molecule has 0 aliphatic heterocycles. The standard InChI is InChI=1S/C19H23N5O2S/c1-14-10-15(2)19(16(3)11-14)27(25,26)23-7-6-20-17-12-18(22-13-21-17)24-8-4-5-9-24/h4-5,8-13,23H,6-7H2,1-3H3,(H,20,21,22). The average Bonchev–Trinajstić information content (AvgIpc) is 3.12. The van der Waals surface area contributed by atoms with Crippen molar-refractivity contribution in [1.29, 1.82) is 0 Å². The van der Waals surface area contributed by atoms with E-state index in [-0.39, 0.29) is 6.54 Å². The topological polar surface area (TPSA) is 88.9 Å². The van der Waals surface area contributed by atoms with Gasteiger partial charge in [-0.05, 0) is 44.0 Å². The predicted octanol–water partition coefficient (Wildman–Crippen LogP) is 2.58. The Morgan fingerprint density at radius 2 is 1.63 bits per heavy atom. The van der Waals surface area contributed by atoms with Crippen LogP contribution < -0.4 is 10.0 Å². The summed E-state index contributed by atoms with van der Waals surface area (Å²) in [5.74, 6) is 1.37. The van der Waals surface area contributed by atoms with E-state index in [1.165, 1.54) is 6.33 Å². The molecule has 0 bridgehead atoms. The number of anilines is 1. The second-order valence-corrected chi connectivity index (χ2v) is 8.11. The highest BCUT2D eigenvalue weighted by atomic mass is 32.2. The molecule has 0 atom stereocenters. The van der Waals surface area contributed by atoms with Crippen molar-refractivity contribution in [2.45, 2.75) is 25.7 Å². The second kappa shape index (κ2) is 7.89. The van der Waals surface area contributed by atoms with Crippen molar-refractivity contribution in [2.24, 2.45) is 0 Å². The van der Waals surface area contributed by atoms with Crippen LogP contribution in [0.1, 0.15) is 16.7 Å². The number of hydrogen-bond acceptors (Lipinski definition) is 5. The Labute approximate surface area is 159 Å². The summed E-state index contributed by atoms with van der Waals surface area (Å²) in [7, 11) is -3.56. The first kappa shape index (κ1) is 19.1. The van der Waals surface area contributed by atoms with Crippen LogP contribution in [0.15, 0.2) is 53.9 Å². The van der Waals surface area contributed by atoms with Crippen LogP contribution in [0.25, 0.3) is 5.82 Å². The molecule has 1 aromatic carbocycles. The van der Waals surface area contributed by atoms with Gasteiger partial charge in [-0.25, -0.2) is 23.1 Å². The van der Waals surface area contributed by atoms with Crippen LogP contribution in [0.5, 0.6) is 0 Å². The van der Waals surface area contributed by atoms with E-state index in [0.29, 0.717) is 17.3 Å². The molecule has 3 rings (SSSR count). The summed E-state index contributed by atoms with van der Waals surface area (Å²) in [6, 6.07) is 9.40. The Balaban J connectivity index is 1.61. The Kier molecular flexibility index (Phi) is 5.57. The highest BCUT2D eigenvalue weighted by Crippen LogP contribution is 2.21. The zero-order valence-electron chi connectivity index (χ0n) is 15.6. The van der Waals surface area contributed by atoms with E-state index in [1.54, 1.807) is 0 Å². The number of hydrogen-bond donors (Lipinski definition) is 2. The van der Waals surface area contributed by atoms with E-state index in [9.17, 15) is 8.42 Å². The first-order valence-electron chi connectivity index (χ1n) is 8.63. The number of aryl methyl sites for hydroxylation is 3. The van der Waals surface area contributed by atoms with Crippen LogP contribution in [0, 0.1) is 20.8 Å². The van der Waals surface area contributed by atoms with Crippen molar-refractivity contribution in [1.82, 2.24) is 19.3 Å². The van der Waals surface area contributed by atoms with Crippen molar-refractivity contribution in [2.75, 3.05) is 18.4 Å². The summed E-state index contributed by atoms with van der Waals surface area (Å²) in [6.07, 6.45) is 5.26. The maximum atomic E-state index is 12.6. The van der Waals surface area contributed by atoms with Gasteiger partial charge in [0, 0.05) is 31.5 Å². The van der Waals surface area contributed by atoms with Gasteiger partial charge in [0.25, 0.3) is 0 Å². The first-order chi connectivity index (χ1) is 12.9. The van der Waals surface area contributed by atoms with Crippen molar-refractivity contribution in [3.63, 3.8) is 0 Å². The Hall–Kier alpha value is -2.71. The smallest absolute Gasteiger partial charge is 0.241 e. The molecule has 27 heavy (non-hydrogen) atoms. The maximum Gasteiger partial charge on any atom is 0.241 e. The fourth-order valence-corrected chi connectivity index (χ4v) is 4.59. The molecule has 8 heteroatoms. The van der Waals surface area contributed by atoms with Gasteiger partial charge in [0.1, 0.15) is 18.0 Å². The quantitative estimate of drug-likeness (QED) is 0.610. The van der Waals surface area contributed by atoms with Crippen LogP contribution in [-0.4, -0.2) is 36.0 Å². The highest BCUT2D eigenvalue weighted by molar-refractivity contribution is 7.89. The molecule has 0 aliphatic carbocycles. The van der Waals surface area contributed by atoms with Crippen molar-refractivity contribution in [3.05, 3.63) is 65.7 Å². The monoisotopic (exact) mass is 385 g/mol. The van der Waals surface area contributed by atoms with Gasteiger partial charge in [0.2, 0.25) is 10.0 Å². The van der Waals surface area contributed by atoms with Gasteiger partial charge < -0.3 is 9.88 Å². The third-order valence-electron chi connectivity index (χ3n) is 4.12. The summed E-state index contributed by atoms with van der Waals surface area (Å²) in [5, 5.41) is 3.12. The van der Waals surface area contributed by atoms with E-state index in [4.69, 9.17) is 0 Å². The molecule has 142 valence electrons. The number of rotatable bonds is 7. The minimum Gasteiger partial charge on any atom is -0.369 e. The van der Waals surface area contributed by atoms with Crippen LogP contribution in [-0.2, 0) is 10.0 Å². The Morgan fingerprint density at radius 1 is 0.963 bits per heavy atom. The van der Waals surface area contributed by atoms with E-state index in [0.717, 1.165) is 22.5 Å². The molecule has 0 fully saturated rings. The minimum atomic E-state index is -3.56. The summed E-state index contributed by atoms with van der Waals surface area (Å²) in [5.41, 5.74) is 2.55. The molecule has 0 aliphatic rings. The summed E-state index contributed by atoms with van der Waals surface area (Å²) in [6.45, 7) is 6.24. The van der Waals surface area contributed by atoms with Gasteiger partial charge in [-0.3, -0.25) is 0 Å². The Bertz CT molecular complexity index is 1010. The van der Waals surface area contributed by atoms with Crippen LogP contribution in [0.2, 0.25) is 0 Å². The molecule has 0 spiro atoms. The lowest BCUT2D eigenvalue weighted by Gasteiger charge is -2.13. The number of aromatic nitrogens is 3. The summed E-state index contributed by atoms with van der Waals surface area (Å²) in [4.78, 5) is 8.73. The normalized spacial score (nSPS) is 11.5. The molecular formula is C19H23N5O2S. The van der Waals surface area contributed by atoms with Crippen LogP contribution in [0.3, 0.4) is 0 Å². The molecule has 0 amide bonds. The molecule has 3 aromatic rings. The molecule has 0 saturated heterocycles. The van der Waals surface area contributed by atoms with Gasteiger partial charge in [0.15, 0.2) is 0 Å². The minimum absolute atomic E-state index is 0.248. The summed E-state index contributed by atoms with van der Waals surface area (Å²) >= 11 is 0. The number of benzene rings is 1. The van der Waals surface area contributed by atoms with Gasteiger partial charge in [-0.2, -0.15) is 0 Å². The summed E-state index contributed by atoms with van der Waals surface area (Å²) < 4.78 is 29.8. The van der Waals surface area contributed by atoms with Gasteiger partial charge in [-0.15, -0.1) is 0 Å². The largest absolute Gasteiger partial charge is 0.369 e. The molecule has 2 aromatic heterocycles. The first-order valence-corrected chi connectivity index (χ1v) is 10.1. The second-order valence-electron chi connectivity index (χ2n) is 6.40. The van der Waals surface area contributed by atoms with E-state index >= 15 is 0 Å². The third-order valence-corrected chi connectivity index (χ3v) is 5.88. The van der Waals surface area contributed by atoms with Gasteiger partial charge in [0.05, 0.1) is 4.90 Å². The average molecular weight is 385 g/mol. The molecule has 0 radical (unpaired) electrons. The van der Waals surface area contributed by atoms with E-state index < -0.39 is 10.0 Å². The fraction of sp³-hybridized carbons (Fsp3) is 0.263. The van der Waals surface area contributed by atoms with Crippen molar-refractivity contribution in [3.8, 4) is 5.82 Å². The molecular weight excluding hydrogens is 362 g/mol. The maximum absolute atomic E-state index is 12.6. The van der Waals surface area contributed by atoms with E-state index in [2.05, 4.69) is 20.0 Å². The number of sulfonamides is 1. The van der Waals surface area contributed by atoms with Crippen molar-refractivity contribution < 1.29 is 8.42 Å². The molecule has 7 nitrogen and oxygen atoms in total. The number of nitrogens with one attached hydrogen (secondary N) is 2.